The van der Waals surface area contributed by atoms with Gasteiger partial charge in [0.25, 0.3) is 0 Å². The van der Waals surface area contributed by atoms with Crippen molar-refractivity contribution in [2.45, 2.75) is 52.6 Å². The van der Waals surface area contributed by atoms with Gasteiger partial charge in [0, 0.05) is 38.4 Å². The largest absolute Gasteiger partial charge is 0.378 e. The smallest absolute Gasteiger partial charge is 0.191 e. The summed E-state index contributed by atoms with van der Waals surface area (Å²) in [6.45, 7) is 11.1. The molecular formula is C21H36N4O. The summed E-state index contributed by atoms with van der Waals surface area (Å²) < 4.78 is 5.48. The Hall–Kier alpha value is -1.75. The van der Waals surface area contributed by atoms with E-state index in [-0.39, 0.29) is 0 Å². The minimum atomic E-state index is 0.425. The third-order valence-electron chi connectivity index (χ3n) is 4.82. The fraction of sp³-hybridized carbons (Fsp3) is 0.667. The minimum Gasteiger partial charge on any atom is -0.378 e. The Balaban J connectivity index is 1.86. The molecule has 2 N–H and O–H groups in total. The van der Waals surface area contributed by atoms with Crippen molar-refractivity contribution < 1.29 is 4.74 Å². The molecule has 1 unspecified atom stereocenters. The summed E-state index contributed by atoms with van der Waals surface area (Å²) in [6.07, 6.45) is 3.71. The molecule has 0 spiro atoms. The first kappa shape index (κ1) is 20.6. The van der Waals surface area contributed by atoms with Crippen molar-refractivity contribution in [3.63, 3.8) is 0 Å². The molecule has 1 aromatic carbocycles. The molecule has 5 nitrogen and oxygen atoms in total. The number of nitrogens with zero attached hydrogens (tertiary/aromatic N) is 2. The number of hydrogen-bond donors (Lipinski definition) is 2. The molecule has 0 bridgehead atoms. The van der Waals surface area contributed by atoms with E-state index in [0.717, 1.165) is 44.7 Å². The molecule has 0 aliphatic carbocycles. The average Bonchev–Trinajstić information content (AvgIpc) is 2.65. The Bertz CT molecular complexity index is 553. The van der Waals surface area contributed by atoms with Gasteiger partial charge < -0.3 is 20.3 Å². The van der Waals surface area contributed by atoms with Crippen molar-refractivity contribution in [3.8, 4) is 0 Å². The van der Waals surface area contributed by atoms with Crippen LogP contribution in [0.15, 0.2) is 29.3 Å². The Morgan fingerprint density at radius 2 is 1.88 bits per heavy atom. The van der Waals surface area contributed by atoms with Crippen LogP contribution in [0, 0.1) is 5.92 Å². The zero-order chi connectivity index (χ0) is 18.8. The van der Waals surface area contributed by atoms with Gasteiger partial charge in [-0.05, 0) is 30.9 Å². The van der Waals surface area contributed by atoms with Gasteiger partial charge in [0.05, 0.1) is 13.2 Å². The number of nitrogens with one attached hydrogen (secondary N) is 2. The molecule has 0 amide bonds. The summed E-state index contributed by atoms with van der Waals surface area (Å²) >= 11 is 0. The topological polar surface area (TPSA) is 48.9 Å². The molecule has 1 aliphatic rings. The third kappa shape index (κ3) is 6.87. The van der Waals surface area contributed by atoms with E-state index in [0.29, 0.717) is 6.04 Å². The molecule has 1 heterocycles. The monoisotopic (exact) mass is 360 g/mol. The second-order valence-corrected chi connectivity index (χ2v) is 7.52. The summed E-state index contributed by atoms with van der Waals surface area (Å²) in [5, 5.41) is 6.99. The maximum Gasteiger partial charge on any atom is 0.191 e. The molecule has 1 atom stereocenters. The standard InChI is InChI=1S/C21H36N4O/c1-17(2)8-7-9-18(3)24-21(22-4)23-16-19-10-5-6-11-20(19)25-12-14-26-15-13-25/h5-6,10-11,17-18H,7-9,12-16H2,1-4H3,(H2,22,23,24). The summed E-state index contributed by atoms with van der Waals surface area (Å²) in [6, 6.07) is 9.03. The van der Waals surface area contributed by atoms with Crippen molar-refractivity contribution >= 4 is 11.6 Å². The van der Waals surface area contributed by atoms with Gasteiger partial charge in [0.15, 0.2) is 5.96 Å². The second kappa shape index (κ2) is 11.1. The van der Waals surface area contributed by atoms with E-state index in [1.807, 2.05) is 7.05 Å². The number of para-hydroxylation sites is 1. The molecule has 146 valence electrons. The van der Waals surface area contributed by atoms with Gasteiger partial charge >= 0.3 is 0 Å². The Morgan fingerprint density at radius 1 is 1.15 bits per heavy atom. The van der Waals surface area contributed by atoms with Gasteiger partial charge in [0.1, 0.15) is 0 Å². The lowest BCUT2D eigenvalue weighted by atomic mass is 10.0. The molecule has 1 saturated heterocycles. The Kier molecular flexibility index (Phi) is 8.75. The maximum atomic E-state index is 5.48. The lowest BCUT2D eigenvalue weighted by molar-refractivity contribution is 0.122. The molecule has 0 radical (unpaired) electrons. The zero-order valence-electron chi connectivity index (χ0n) is 16.9. The SMILES string of the molecule is CN=C(NCc1ccccc1N1CCOCC1)NC(C)CCCC(C)C. The van der Waals surface area contributed by atoms with E-state index in [4.69, 9.17) is 4.74 Å². The first-order valence-electron chi connectivity index (χ1n) is 9.98. The average molecular weight is 361 g/mol. The fourth-order valence-electron chi connectivity index (χ4n) is 3.28. The van der Waals surface area contributed by atoms with Crippen LogP contribution in [0.4, 0.5) is 5.69 Å². The van der Waals surface area contributed by atoms with Gasteiger partial charge in [-0.3, -0.25) is 4.99 Å². The summed E-state index contributed by atoms with van der Waals surface area (Å²) in [5.41, 5.74) is 2.59. The molecule has 1 aromatic rings. The van der Waals surface area contributed by atoms with Crippen molar-refractivity contribution in [1.29, 1.82) is 0 Å². The molecule has 0 aromatic heterocycles. The second-order valence-electron chi connectivity index (χ2n) is 7.52. The van der Waals surface area contributed by atoms with Gasteiger partial charge in [-0.1, -0.05) is 44.9 Å². The lowest BCUT2D eigenvalue weighted by Crippen LogP contribution is -2.42. The molecule has 5 heteroatoms. The van der Waals surface area contributed by atoms with Crippen LogP contribution in [0.25, 0.3) is 0 Å². The van der Waals surface area contributed by atoms with E-state index < -0.39 is 0 Å². The van der Waals surface area contributed by atoms with Crippen molar-refractivity contribution in [1.82, 2.24) is 10.6 Å². The number of hydrogen-bond acceptors (Lipinski definition) is 3. The number of guanidine groups is 1. The molecule has 0 saturated carbocycles. The summed E-state index contributed by atoms with van der Waals surface area (Å²) in [5.74, 6) is 1.65. The van der Waals surface area contributed by atoms with E-state index >= 15 is 0 Å². The molecular weight excluding hydrogens is 324 g/mol. The zero-order valence-corrected chi connectivity index (χ0v) is 16.9. The van der Waals surface area contributed by atoms with E-state index in [2.05, 4.69) is 65.6 Å². The number of morpholine rings is 1. The van der Waals surface area contributed by atoms with E-state index in [1.54, 1.807) is 0 Å². The highest BCUT2D eigenvalue weighted by atomic mass is 16.5. The lowest BCUT2D eigenvalue weighted by Gasteiger charge is -2.30. The van der Waals surface area contributed by atoms with Crippen LogP contribution in [0.5, 0.6) is 0 Å². The predicted molar refractivity (Wildman–Crippen MR) is 111 cm³/mol. The molecule has 1 fully saturated rings. The fourth-order valence-corrected chi connectivity index (χ4v) is 3.28. The Labute approximate surface area is 159 Å². The van der Waals surface area contributed by atoms with Crippen LogP contribution >= 0.6 is 0 Å². The molecule has 26 heavy (non-hydrogen) atoms. The number of rotatable bonds is 8. The highest BCUT2D eigenvalue weighted by molar-refractivity contribution is 5.80. The van der Waals surface area contributed by atoms with Crippen LogP contribution in [0.2, 0.25) is 0 Å². The highest BCUT2D eigenvalue weighted by Gasteiger charge is 2.14. The van der Waals surface area contributed by atoms with E-state index in [9.17, 15) is 0 Å². The minimum absolute atomic E-state index is 0.425. The van der Waals surface area contributed by atoms with E-state index in [1.165, 1.54) is 30.5 Å². The van der Waals surface area contributed by atoms with Crippen LogP contribution < -0.4 is 15.5 Å². The summed E-state index contributed by atoms with van der Waals surface area (Å²) in [7, 11) is 1.84. The van der Waals surface area contributed by atoms with Crippen LogP contribution in [0.1, 0.15) is 45.6 Å². The number of anilines is 1. The van der Waals surface area contributed by atoms with Gasteiger partial charge in [-0.25, -0.2) is 0 Å². The summed E-state index contributed by atoms with van der Waals surface area (Å²) in [4.78, 5) is 6.80. The highest BCUT2D eigenvalue weighted by Crippen LogP contribution is 2.21. The quantitative estimate of drug-likeness (QED) is 0.551. The van der Waals surface area contributed by atoms with Crippen LogP contribution in [-0.2, 0) is 11.3 Å². The van der Waals surface area contributed by atoms with Gasteiger partial charge in [-0.2, -0.15) is 0 Å². The van der Waals surface area contributed by atoms with Crippen LogP contribution in [-0.4, -0.2) is 45.4 Å². The number of ether oxygens (including phenoxy) is 1. The normalized spacial score (nSPS) is 16.7. The van der Waals surface area contributed by atoms with Crippen molar-refractivity contribution in [2.75, 3.05) is 38.3 Å². The van der Waals surface area contributed by atoms with Gasteiger partial charge in [-0.15, -0.1) is 0 Å². The molecule has 2 rings (SSSR count). The maximum absolute atomic E-state index is 5.48. The first-order valence-corrected chi connectivity index (χ1v) is 9.98. The Morgan fingerprint density at radius 3 is 2.58 bits per heavy atom. The van der Waals surface area contributed by atoms with Crippen LogP contribution in [0.3, 0.4) is 0 Å². The predicted octanol–water partition coefficient (Wildman–Crippen LogP) is 3.40. The van der Waals surface area contributed by atoms with Crippen molar-refractivity contribution in [3.05, 3.63) is 29.8 Å². The third-order valence-corrected chi connectivity index (χ3v) is 4.82. The molecule has 1 aliphatic heterocycles. The number of aliphatic imine (C=N–C) groups is 1. The number of benzene rings is 1. The van der Waals surface area contributed by atoms with Crippen molar-refractivity contribution in [2.24, 2.45) is 10.9 Å². The first-order chi connectivity index (χ1) is 12.6. The van der Waals surface area contributed by atoms with Gasteiger partial charge in [0.2, 0.25) is 0 Å².